The molecule has 0 aliphatic rings. The molecule has 0 fully saturated rings. The van der Waals surface area contributed by atoms with E-state index in [9.17, 15) is 0 Å². The molecule has 5 nitrogen and oxygen atoms in total. The number of hydrogen-bond donors (Lipinski definition) is 1. The molecule has 18 heavy (non-hydrogen) atoms. The lowest BCUT2D eigenvalue weighted by atomic mass is 10.1. The van der Waals surface area contributed by atoms with Crippen LogP contribution in [0.4, 0.5) is 5.82 Å². The van der Waals surface area contributed by atoms with E-state index in [1.807, 2.05) is 6.33 Å². The van der Waals surface area contributed by atoms with E-state index in [1.54, 1.807) is 0 Å². The standard InChI is InChI=1S/C13H21N5/c1-2-3-4-5-6-7-8-18-10-17-13-11(18)12(14)15-9-16-13/h9-10H,2-8H2,1H3,(H2,14,15,16). The first kappa shape index (κ1) is 12.8. The van der Waals surface area contributed by atoms with Gasteiger partial charge in [0.05, 0.1) is 6.33 Å². The van der Waals surface area contributed by atoms with Gasteiger partial charge >= 0.3 is 0 Å². The Morgan fingerprint density at radius 2 is 1.83 bits per heavy atom. The first-order valence-corrected chi connectivity index (χ1v) is 6.74. The smallest absolute Gasteiger partial charge is 0.182 e. The van der Waals surface area contributed by atoms with E-state index in [2.05, 4.69) is 26.4 Å². The molecule has 0 atom stereocenters. The third kappa shape index (κ3) is 2.97. The predicted molar refractivity (Wildman–Crippen MR) is 73.1 cm³/mol. The molecule has 2 aromatic heterocycles. The molecule has 2 heterocycles. The second kappa shape index (κ2) is 6.33. The number of rotatable bonds is 7. The lowest BCUT2D eigenvalue weighted by Gasteiger charge is -2.05. The van der Waals surface area contributed by atoms with Crippen molar-refractivity contribution in [1.82, 2.24) is 19.5 Å². The van der Waals surface area contributed by atoms with Gasteiger partial charge in [0.1, 0.15) is 11.8 Å². The normalized spacial score (nSPS) is 11.2. The van der Waals surface area contributed by atoms with Gasteiger partial charge in [-0.1, -0.05) is 39.0 Å². The molecule has 0 spiro atoms. The zero-order chi connectivity index (χ0) is 12.8. The first-order valence-electron chi connectivity index (χ1n) is 6.74. The zero-order valence-corrected chi connectivity index (χ0v) is 11.0. The molecule has 0 aliphatic heterocycles. The Kier molecular flexibility index (Phi) is 4.50. The minimum atomic E-state index is 0.517. The molecule has 0 unspecified atom stereocenters. The van der Waals surface area contributed by atoms with Crippen LogP contribution in [0.2, 0.25) is 0 Å². The van der Waals surface area contributed by atoms with Crippen LogP contribution in [0.15, 0.2) is 12.7 Å². The summed E-state index contributed by atoms with van der Waals surface area (Å²) in [6.07, 6.45) is 11.0. The van der Waals surface area contributed by atoms with Gasteiger partial charge in [-0.15, -0.1) is 0 Å². The minimum Gasteiger partial charge on any atom is -0.382 e. The zero-order valence-electron chi connectivity index (χ0n) is 11.0. The number of aromatic nitrogens is 4. The Bertz CT molecular complexity index is 491. The maximum atomic E-state index is 5.86. The average Bonchev–Trinajstić information content (AvgIpc) is 2.78. The number of nitrogens with two attached hydrogens (primary N) is 1. The minimum absolute atomic E-state index is 0.517. The summed E-state index contributed by atoms with van der Waals surface area (Å²) in [6.45, 7) is 3.18. The Morgan fingerprint density at radius 1 is 1.06 bits per heavy atom. The Labute approximate surface area is 107 Å². The van der Waals surface area contributed by atoms with Crippen molar-refractivity contribution >= 4 is 17.0 Å². The third-order valence-corrected chi connectivity index (χ3v) is 3.19. The van der Waals surface area contributed by atoms with Crippen LogP contribution in [0.25, 0.3) is 11.2 Å². The lowest BCUT2D eigenvalue weighted by molar-refractivity contribution is 0.564. The van der Waals surface area contributed by atoms with E-state index in [-0.39, 0.29) is 0 Å². The van der Waals surface area contributed by atoms with Crippen LogP contribution in [-0.2, 0) is 6.54 Å². The highest BCUT2D eigenvalue weighted by atomic mass is 15.1. The number of hydrogen-bond acceptors (Lipinski definition) is 4. The third-order valence-electron chi connectivity index (χ3n) is 3.19. The molecule has 5 heteroatoms. The lowest BCUT2D eigenvalue weighted by Crippen LogP contribution is -2.01. The molecule has 98 valence electrons. The van der Waals surface area contributed by atoms with Crippen molar-refractivity contribution in [3.63, 3.8) is 0 Å². The van der Waals surface area contributed by atoms with E-state index in [4.69, 9.17) is 5.73 Å². The number of unbranched alkanes of at least 4 members (excludes halogenated alkanes) is 5. The van der Waals surface area contributed by atoms with Crippen molar-refractivity contribution in [1.29, 1.82) is 0 Å². The number of anilines is 1. The second-order valence-electron chi connectivity index (χ2n) is 4.64. The average molecular weight is 247 g/mol. The number of nitrogen functional groups attached to an aromatic ring is 1. The fraction of sp³-hybridized carbons (Fsp3) is 0.615. The van der Waals surface area contributed by atoms with E-state index in [1.165, 1.54) is 38.4 Å². The topological polar surface area (TPSA) is 69.6 Å². The highest BCUT2D eigenvalue weighted by Gasteiger charge is 2.07. The maximum Gasteiger partial charge on any atom is 0.182 e. The van der Waals surface area contributed by atoms with E-state index < -0.39 is 0 Å². The fourth-order valence-electron chi connectivity index (χ4n) is 2.17. The molecule has 0 saturated heterocycles. The van der Waals surface area contributed by atoms with Crippen LogP contribution < -0.4 is 5.73 Å². The second-order valence-corrected chi connectivity index (χ2v) is 4.64. The summed E-state index contributed by atoms with van der Waals surface area (Å²) in [5.74, 6) is 0.517. The summed E-state index contributed by atoms with van der Waals surface area (Å²) in [5.41, 5.74) is 7.41. The molecular formula is C13H21N5. The van der Waals surface area contributed by atoms with E-state index >= 15 is 0 Å². The van der Waals surface area contributed by atoms with Gasteiger partial charge in [-0.2, -0.15) is 0 Å². The molecule has 2 N–H and O–H groups in total. The Balaban J connectivity index is 1.88. The summed E-state index contributed by atoms with van der Waals surface area (Å²) < 4.78 is 2.06. The van der Waals surface area contributed by atoms with Crippen LogP contribution in [0.5, 0.6) is 0 Å². The van der Waals surface area contributed by atoms with Crippen molar-refractivity contribution in [3.8, 4) is 0 Å². The van der Waals surface area contributed by atoms with Crippen LogP contribution in [0, 0.1) is 0 Å². The Hall–Kier alpha value is -1.65. The molecule has 2 rings (SSSR count). The number of nitrogens with zero attached hydrogens (tertiary/aromatic N) is 4. The van der Waals surface area contributed by atoms with Crippen LogP contribution in [0.1, 0.15) is 45.4 Å². The van der Waals surface area contributed by atoms with Crippen molar-refractivity contribution < 1.29 is 0 Å². The SMILES string of the molecule is CCCCCCCCn1cnc2ncnc(N)c21. The predicted octanol–water partition coefficient (Wildman–Crippen LogP) is 2.77. The molecule has 0 saturated carbocycles. The van der Waals surface area contributed by atoms with E-state index in [0.29, 0.717) is 11.5 Å². The molecular weight excluding hydrogens is 226 g/mol. The fourth-order valence-corrected chi connectivity index (χ4v) is 2.17. The Morgan fingerprint density at radius 3 is 2.67 bits per heavy atom. The summed E-state index contributed by atoms with van der Waals surface area (Å²) in [7, 11) is 0. The highest BCUT2D eigenvalue weighted by molar-refractivity contribution is 5.81. The van der Waals surface area contributed by atoms with Gasteiger partial charge < -0.3 is 10.3 Å². The summed E-state index contributed by atoms with van der Waals surface area (Å²) >= 11 is 0. The van der Waals surface area contributed by atoms with Crippen molar-refractivity contribution in [2.45, 2.75) is 52.0 Å². The monoisotopic (exact) mass is 247 g/mol. The summed E-state index contributed by atoms with van der Waals surface area (Å²) in [4.78, 5) is 12.4. The van der Waals surface area contributed by atoms with Crippen LogP contribution >= 0.6 is 0 Å². The van der Waals surface area contributed by atoms with Gasteiger partial charge in [-0.05, 0) is 6.42 Å². The van der Waals surface area contributed by atoms with Gasteiger partial charge in [-0.3, -0.25) is 0 Å². The number of imidazole rings is 1. The number of fused-ring (bicyclic) bond motifs is 1. The molecule has 0 amide bonds. The van der Waals surface area contributed by atoms with Crippen molar-refractivity contribution in [3.05, 3.63) is 12.7 Å². The van der Waals surface area contributed by atoms with E-state index in [0.717, 1.165) is 18.5 Å². The summed E-state index contributed by atoms with van der Waals surface area (Å²) in [5, 5.41) is 0. The largest absolute Gasteiger partial charge is 0.382 e. The van der Waals surface area contributed by atoms with Gasteiger partial charge in [0, 0.05) is 6.54 Å². The van der Waals surface area contributed by atoms with Gasteiger partial charge in [0.25, 0.3) is 0 Å². The quantitative estimate of drug-likeness (QED) is 0.764. The molecule has 0 bridgehead atoms. The molecule has 2 aromatic rings. The van der Waals surface area contributed by atoms with Crippen LogP contribution in [0.3, 0.4) is 0 Å². The van der Waals surface area contributed by atoms with Crippen LogP contribution in [-0.4, -0.2) is 19.5 Å². The van der Waals surface area contributed by atoms with Gasteiger partial charge in [0.2, 0.25) is 0 Å². The highest BCUT2D eigenvalue weighted by Crippen LogP contribution is 2.16. The molecule has 0 aliphatic carbocycles. The molecule has 0 radical (unpaired) electrons. The van der Waals surface area contributed by atoms with Gasteiger partial charge in [-0.25, -0.2) is 15.0 Å². The van der Waals surface area contributed by atoms with Crippen molar-refractivity contribution in [2.24, 2.45) is 0 Å². The maximum absolute atomic E-state index is 5.86. The summed E-state index contributed by atoms with van der Waals surface area (Å²) in [6, 6.07) is 0. The molecule has 0 aromatic carbocycles. The first-order chi connectivity index (χ1) is 8.83. The number of aryl methyl sites for hydroxylation is 1. The van der Waals surface area contributed by atoms with Crippen molar-refractivity contribution in [2.75, 3.05) is 5.73 Å². The van der Waals surface area contributed by atoms with Gasteiger partial charge in [0.15, 0.2) is 11.5 Å².